The second-order valence-electron chi connectivity index (χ2n) is 4.33. The third-order valence-electron chi connectivity index (χ3n) is 3.55. The van der Waals surface area contributed by atoms with Gasteiger partial charge in [-0.15, -0.1) is 0 Å². The molecule has 13 heavy (non-hydrogen) atoms. The molecule has 0 aromatic heterocycles. The van der Waals surface area contributed by atoms with Crippen molar-refractivity contribution in [3.8, 4) is 0 Å². The highest BCUT2D eigenvalue weighted by Crippen LogP contribution is 2.39. The van der Waals surface area contributed by atoms with E-state index in [1.165, 1.54) is 19.1 Å². The Kier molecular flexibility index (Phi) is 3.91. The first-order valence-corrected chi connectivity index (χ1v) is 5.37. The number of hydrogen-bond acceptors (Lipinski definition) is 2. The number of carbonyl (C=O) groups is 1. The molecule has 0 atom stereocenters. The molecule has 1 aliphatic rings. The van der Waals surface area contributed by atoms with Crippen LogP contribution in [0.1, 0.15) is 39.0 Å². The minimum atomic E-state index is 0.0320. The summed E-state index contributed by atoms with van der Waals surface area (Å²) in [5.41, 5.74) is 0.0320. The van der Waals surface area contributed by atoms with Crippen molar-refractivity contribution >= 4 is 6.29 Å². The number of nitrogens with one attached hydrogen (secondary N) is 1. The fourth-order valence-corrected chi connectivity index (χ4v) is 2.30. The second-order valence-corrected chi connectivity index (χ2v) is 4.33. The highest BCUT2D eigenvalue weighted by Gasteiger charge is 2.32. The first-order valence-electron chi connectivity index (χ1n) is 5.37. The van der Waals surface area contributed by atoms with E-state index in [2.05, 4.69) is 12.2 Å². The highest BCUT2D eigenvalue weighted by molar-refractivity contribution is 5.59. The third kappa shape index (κ3) is 2.53. The monoisotopic (exact) mass is 183 g/mol. The summed E-state index contributed by atoms with van der Waals surface area (Å²) in [5, 5.41) is 3.21. The van der Waals surface area contributed by atoms with E-state index in [-0.39, 0.29) is 5.41 Å². The number of aldehydes is 1. The van der Waals surface area contributed by atoms with Gasteiger partial charge in [0.05, 0.1) is 0 Å². The van der Waals surface area contributed by atoms with Gasteiger partial charge in [0.1, 0.15) is 6.29 Å². The smallest absolute Gasteiger partial charge is 0.126 e. The lowest BCUT2D eigenvalue weighted by atomic mass is 9.70. The fourth-order valence-electron chi connectivity index (χ4n) is 2.30. The average Bonchev–Trinajstić information content (AvgIpc) is 2.20. The van der Waals surface area contributed by atoms with E-state index in [1.807, 2.05) is 7.05 Å². The molecule has 1 fully saturated rings. The largest absolute Gasteiger partial charge is 0.319 e. The van der Waals surface area contributed by atoms with E-state index >= 15 is 0 Å². The van der Waals surface area contributed by atoms with E-state index in [0.29, 0.717) is 0 Å². The predicted octanol–water partition coefficient (Wildman–Crippen LogP) is 1.99. The lowest BCUT2D eigenvalue weighted by Gasteiger charge is -2.35. The summed E-state index contributed by atoms with van der Waals surface area (Å²) in [4.78, 5) is 11.0. The lowest BCUT2D eigenvalue weighted by molar-refractivity contribution is -0.118. The summed E-state index contributed by atoms with van der Waals surface area (Å²) in [6.45, 7) is 3.24. The molecule has 0 aliphatic heterocycles. The molecule has 2 nitrogen and oxygen atoms in total. The quantitative estimate of drug-likeness (QED) is 0.675. The Hall–Kier alpha value is -0.370. The summed E-state index contributed by atoms with van der Waals surface area (Å²) in [7, 11) is 2.00. The van der Waals surface area contributed by atoms with Gasteiger partial charge in [-0.3, -0.25) is 0 Å². The summed E-state index contributed by atoms with van der Waals surface area (Å²) in [6, 6.07) is 0. The molecule has 1 aliphatic carbocycles. The van der Waals surface area contributed by atoms with Gasteiger partial charge in [-0.25, -0.2) is 0 Å². The van der Waals surface area contributed by atoms with E-state index < -0.39 is 0 Å². The Labute approximate surface area is 81.1 Å². The lowest BCUT2D eigenvalue weighted by Crippen LogP contribution is -2.31. The Bertz CT molecular complexity index is 159. The maximum atomic E-state index is 11.0. The van der Waals surface area contributed by atoms with Crippen molar-refractivity contribution in [1.82, 2.24) is 5.32 Å². The van der Waals surface area contributed by atoms with Crippen LogP contribution in [-0.4, -0.2) is 19.9 Å². The fraction of sp³-hybridized carbons (Fsp3) is 0.909. The van der Waals surface area contributed by atoms with Crippen LogP contribution >= 0.6 is 0 Å². The van der Waals surface area contributed by atoms with Gasteiger partial charge < -0.3 is 10.1 Å². The third-order valence-corrected chi connectivity index (χ3v) is 3.55. The Morgan fingerprint density at radius 2 is 2.08 bits per heavy atom. The van der Waals surface area contributed by atoms with Crippen LogP contribution in [0.15, 0.2) is 0 Å². The molecule has 0 radical (unpaired) electrons. The zero-order chi connectivity index (χ0) is 9.73. The predicted molar refractivity (Wildman–Crippen MR) is 54.7 cm³/mol. The maximum Gasteiger partial charge on any atom is 0.126 e. The summed E-state index contributed by atoms with van der Waals surface area (Å²) in [6.07, 6.45) is 6.84. The van der Waals surface area contributed by atoms with Crippen LogP contribution in [0.5, 0.6) is 0 Å². The first-order chi connectivity index (χ1) is 6.26. The molecule has 0 heterocycles. The van der Waals surface area contributed by atoms with Crippen molar-refractivity contribution in [2.75, 3.05) is 13.6 Å². The van der Waals surface area contributed by atoms with Gasteiger partial charge in [-0.2, -0.15) is 0 Å². The maximum absolute atomic E-state index is 11.0. The molecule has 1 saturated carbocycles. The molecular weight excluding hydrogens is 162 g/mol. The summed E-state index contributed by atoms with van der Waals surface area (Å²) in [5.74, 6) is 0.796. The summed E-state index contributed by atoms with van der Waals surface area (Å²) < 4.78 is 0. The summed E-state index contributed by atoms with van der Waals surface area (Å²) >= 11 is 0. The zero-order valence-corrected chi connectivity index (χ0v) is 8.81. The molecule has 0 aromatic carbocycles. The molecule has 0 unspecified atom stereocenters. The van der Waals surface area contributed by atoms with Crippen LogP contribution < -0.4 is 5.32 Å². The molecule has 2 heteroatoms. The van der Waals surface area contributed by atoms with Gasteiger partial charge in [0.15, 0.2) is 0 Å². The van der Waals surface area contributed by atoms with Crippen molar-refractivity contribution in [3.63, 3.8) is 0 Å². The van der Waals surface area contributed by atoms with Gasteiger partial charge in [0, 0.05) is 5.41 Å². The van der Waals surface area contributed by atoms with Crippen LogP contribution in [-0.2, 0) is 4.79 Å². The molecule has 0 bridgehead atoms. The standard InChI is InChI=1S/C11H21NO/c1-3-11(9-13)6-4-10(5-7-11)8-12-2/h9-10,12H,3-8H2,1-2H3. The van der Waals surface area contributed by atoms with Crippen LogP contribution in [0.4, 0.5) is 0 Å². The highest BCUT2D eigenvalue weighted by atomic mass is 16.1. The van der Waals surface area contributed by atoms with Crippen molar-refractivity contribution in [3.05, 3.63) is 0 Å². The van der Waals surface area contributed by atoms with E-state index in [9.17, 15) is 4.79 Å². The molecule has 1 N–H and O–H groups in total. The molecular formula is C11H21NO. The molecule has 0 aromatic rings. The molecule has 0 amide bonds. The Morgan fingerprint density at radius 3 is 2.46 bits per heavy atom. The van der Waals surface area contributed by atoms with Gasteiger partial charge in [-0.1, -0.05) is 6.92 Å². The topological polar surface area (TPSA) is 29.1 Å². The minimum Gasteiger partial charge on any atom is -0.319 e. The molecule has 0 saturated heterocycles. The van der Waals surface area contributed by atoms with Crippen LogP contribution in [0, 0.1) is 11.3 Å². The van der Waals surface area contributed by atoms with Gasteiger partial charge in [0.25, 0.3) is 0 Å². The van der Waals surface area contributed by atoms with Crippen molar-refractivity contribution < 1.29 is 4.79 Å². The van der Waals surface area contributed by atoms with Crippen molar-refractivity contribution in [2.24, 2.45) is 11.3 Å². The Morgan fingerprint density at radius 1 is 1.46 bits per heavy atom. The number of rotatable bonds is 4. The zero-order valence-electron chi connectivity index (χ0n) is 8.81. The molecule has 76 valence electrons. The van der Waals surface area contributed by atoms with Gasteiger partial charge >= 0.3 is 0 Å². The van der Waals surface area contributed by atoms with E-state index in [1.54, 1.807) is 0 Å². The SMILES string of the molecule is CCC1(C=O)CCC(CNC)CC1. The van der Waals surface area contributed by atoms with Gasteiger partial charge in [0.2, 0.25) is 0 Å². The van der Waals surface area contributed by atoms with Crippen LogP contribution in [0.25, 0.3) is 0 Å². The second kappa shape index (κ2) is 4.75. The number of hydrogen-bond donors (Lipinski definition) is 1. The van der Waals surface area contributed by atoms with Gasteiger partial charge in [-0.05, 0) is 51.6 Å². The van der Waals surface area contributed by atoms with Crippen molar-refractivity contribution in [2.45, 2.75) is 39.0 Å². The van der Waals surface area contributed by atoms with Crippen LogP contribution in [0.2, 0.25) is 0 Å². The number of carbonyl (C=O) groups excluding carboxylic acids is 1. The first kappa shape index (κ1) is 10.7. The molecule has 1 rings (SSSR count). The Balaban J connectivity index is 2.40. The normalized spacial score (nSPS) is 34.5. The van der Waals surface area contributed by atoms with E-state index in [4.69, 9.17) is 0 Å². The average molecular weight is 183 g/mol. The van der Waals surface area contributed by atoms with E-state index in [0.717, 1.165) is 31.7 Å². The van der Waals surface area contributed by atoms with Crippen LogP contribution in [0.3, 0.4) is 0 Å². The minimum absolute atomic E-state index is 0.0320. The van der Waals surface area contributed by atoms with Crippen molar-refractivity contribution in [1.29, 1.82) is 0 Å². The molecule has 0 spiro atoms.